The van der Waals surface area contributed by atoms with Gasteiger partial charge in [0.1, 0.15) is 0 Å². The molecule has 0 bridgehead atoms. The molecule has 0 amide bonds. The summed E-state index contributed by atoms with van der Waals surface area (Å²) in [5.41, 5.74) is 3.33. The van der Waals surface area contributed by atoms with Crippen LogP contribution in [0.2, 0.25) is 0 Å². The molecule has 1 rings (SSSR count). The predicted molar refractivity (Wildman–Crippen MR) is 98.3 cm³/mol. The molecule has 0 N–H and O–H groups in total. The van der Waals surface area contributed by atoms with Crippen LogP contribution < -0.4 is 0 Å². The fourth-order valence-corrected chi connectivity index (χ4v) is 4.11. The minimum Gasteiger partial charge on any atom is -0.152 e. The average Bonchev–Trinajstić information content (AvgIpc) is 2.94. The van der Waals surface area contributed by atoms with E-state index < -0.39 is 0 Å². The summed E-state index contributed by atoms with van der Waals surface area (Å²) >= 11 is 1.92. The third-order valence-electron chi connectivity index (χ3n) is 4.94. The summed E-state index contributed by atoms with van der Waals surface area (Å²) < 4.78 is 0. The summed E-state index contributed by atoms with van der Waals surface area (Å²) in [5, 5.41) is 4.85. The third-order valence-corrected chi connectivity index (χ3v) is 5.78. The minimum absolute atomic E-state index is 0.897. The lowest BCUT2D eigenvalue weighted by molar-refractivity contribution is 0.435. The van der Waals surface area contributed by atoms with Crippen LogP contribution >= 0.6 is 11.3 Å². The third kappa shape index (κ3) is 7.00. The van der Waals surface area contributed by atoms with Crippen molar-refractivity contribution in [2.45, 2.75) is 91.9 Å². The molecule has 1 heteroatoms. The Morgan fingerprint density at radius 3 is 1.52 bits per heavy atom. The first kappa shape index (κ1) is 18.7. The van der Waals surface area contributed by atoms with Crippen LogP contribution in [0.4, 0.5) is 0 Å². The van der Waals surface area contributed by atoms with Crippen LogP contribution in [0.15, 0.2) is 10.8 Å². The molecule has 0 aliphatic rings. The Balaban J connectivity index is 2.58. The summed E-state index contributed by atoms with van der Waals surface area (Å²) in [6.45, 7) is 9.34. The topological polar surface area (TPSA) is 0 Å². The van der Waals surface area contributed by atoms with Gasteiger partial charge in [-0.15, -0.1) is 0 Å². The highest BCUT2D eigenvalue weighted by atomic mass is 32.1. The second-order valence-electron chi connectivity index (χ2n) is 6.66. The zero-order valence-corrected chi connectivity index (χ0v) is 15.6. The Kier molecular flexibility index (Phi) is 10.1. The number of rotatable bonds is 12. The highest BCUT2D eigenvalue weighted by Crippen LogP contribution is 2.27. The molecule has 21 heavy (non-hydrogen) atoms. The Morgan fingerprint density at radius 2 is 1.19 bits per heavy atom. The molecule has 0 unspecified atom stereocenters. The number of unbranched alkanes of at least 4 members (excludes halogenated alkanes) is 2. The molecule has 1 heterocycles. The molecule has 122 valence electrons. The smallest absolute Gasteiger partial charge is 0.00583 e. The minimum atomic E-state index is 0.897. The first-order chi connectivity index (χ1) is 10.2. The molecule has 0 spiro atoms. The van der Waals surface area contributed by atoms with Gasteiger partial charge in [0.05, 0.1) is 0 Å². The molecule has 0 radical (unpaired) electrons. The molecule has 0 saturated heterocycles. The lowest BCUT2D eigenvalue weighted by Crippen LogP contribution is -2.08. The van der Waals surface area contributed by atoms with E-state index in [4.69, 9.17) is 0 Å². The van der Waals surface area contributed by atoms with Gasteiger partial charge in [-0.2, -0.15) is 11.3 Å². The number of hydrogen-bond acceptors (Lipinski definition) is 1. The normalized spacial score (nSPS) is 14.3. The Labute approximate surface area is 137 Å². The Hall–Kier alpha value is -0.300. The maximum Gasteiger partial charge on any atom is -0.00583 e. The molecule has 0 nitrogen and oxygen atoms in total. The number of hydrogen-bond donors (Lipinski definition) is 0. The summed E-state index contributed by atoms with van der Waals surface area (Å²) in [4.78, 5) is 0. The molecule has 0 aromatic carbocycles. The SMILES string of the molecule is CCCC[C@H](CC)Cc1cscc1C[C@@H](CC)CCCC. The van der Waals surface area contributed by atoms with Crippen LogP contribution in [0.3, 0.4) is 0 Å². The van der Waals surface area contributed by atoms with E-state index in [9.17, 15) is 0 Å². The van der Waals surface area contributed by atoms with Gasteiger partial charge in [0.25, 0.3) is 0 Å². The van der Waals surface area contributed by atoms with E-state index in [0.29, 0.717) is 0 Å². The zero-order chi connectivity index (χ0) is 15.5. The van der Waals surface area contributed by atoms with Gasteiger partial charge in [0.2, 0.25) is 0 Å². The Morgan fingerprint density at radius 1 is 0.762 bits per heavy atom. The van der Waals surface area contributed by atoms with E-state index in [-0.39, 0.29) is 0 Å². The van der Waals surface area contributed by atoms with Gasteiger partial charge in [0, 0.05) is 0 Å². The largest absolute Gasteiger partial charge is 0.152 e. The van der Waals surface area contributed by atoms with Gasteiger partial charge in [-0.25, -0.2) is 0 Å². The van der Waals surface area contributed by atoms with E-state index in [1.807, 2.05) is 11.3 Å². The molecule has 0 fully saturated rings. The number of thiophene rings is 1. The van der Waals surface area contributed by atoms with Crippen molar-refractivity contribution in [2.24, 2.45) is 11.8 Å². The van der Waals surface area contributed by atoms with Gasteiger partial charge in [-0.3, -0.25) is 0 Å². The highest BCUT2D eigenvalue weighted by molar-refractivity contribution is 7.08. The van der Waals surface area contributed by atoms with Crippen LogP contribution in [0, 0.1) is 11.8 Å². The summed E-state index contributed by atoms with van der Waals surface area (Å²) in [6, 6.07) is 0. The molecule has 0 saturated carbocycles. The van der Waals surface area contributed by atoms with Crippen molar-refractivity contribution in [3.8, 4) is 0 Å². The van der Waals surface area contributed by atoms with Crippen molar-refractivity contribution < 1.29 is 0 Å². The van der Waals surface area contributed by atoms with Crippen molar-refractivity contribution in [1.82, 2.24) is 0 Å². The van der Waals surface area contributed by atoms with Gasteiger partial charge in [-0.05, 0) is 46.6 Å². The van der Waals surface area contributed by atoms with E-state index >= 15 is 0 Å². The standard InChI is InChI=1S/C20H36S/c1-5-9-11-17(7-3)13-19-15-21-16-20(19)14-18(8-4)12-10-6-2/h15-18H,5-14H2,1-4H3/t17-,18-/m0/s1. The van der Waals surface area contributed by atoms with Crippen LogP contribution in [0.25, 0.3) is 0 Å². The molecule has 2 atom stereocenters. The van der Waals surface area contributed by atoms with E-state index in [0.717, 1.165) is 11.8 Å². The van der Waals surface area contributed by atoms with Crippen molar-refractivity contribution in [2.75, 3.05) is 0 Å². The van der Waals surface area contributed by atoms with Crippen molar-refractivity contribution in [3.63, 3.8) is 0 Å². The van der Waals surface area contributed by atoms with E-state index in [1.165, 1.54) is 64.2 Å². The fraction of sp³-hybridized carbons (Fsp3) is 0.800. The second-order valence-corrected chi connectivity index (χ2v) is 7.41. The zero-order valence-electron chi connectivity index (χ0n) is 14.8. The van der Waals surface area contributed by atoms with E-state index in [1.54, 1.807) is 11.1 Å². The van der Waals surface area contributed by atoms with Crippen molar-refractivity contribution in [1.29, 1.82) is 0 Å². The van der Waals surface area contributed by atoms with E-state index in [2.05, 4.69) is 38.5 Å². The lowest BCUT2D eigenvalue weighted by Gasteiger charge is -2.18. The van der Waals surface area contributed by atoms with Crippen LogP contribution in [-0.2, 0) is 12.8 Å². The van der Waals surface area contributed by atoms with Gasteiger partial charge < -0.3 is 0 Å². The Bertz CT molecular complexity index is 320. The first-order valence-corrected chi connectivity index (χ1v) is 10.2. The molecular formula is C20H36S. The van der Waals surface area contributed by atoms with Gasteiger partial charge in [0.15, 0.2) is 0 Å². The van der Waals surface area contributed by atoms with Crippen LogP contribution in [0.1, 0.15) is 90.2 Å². The monoisotopic (exact) mass is 308 g/mol. The van der Waals surface area contributed by atoms with Crippen molar-refractivity contribution >= 4 is 11.3 Å². The average molecular weight is 309 g/mol. The van der Waals surface area contributed by atoms with Crippen LogP contribution in [0.5, 0.6) is 0 Å². The van der Waals surface area contributed by atoms with Gasteiger partial charge in [-0.1, -0.05) is 79.1 Å². The molecule has 1 aromatic heterocycles. The quantitative estimate of drug-likeness (QED) is 0.381. The summed E-state index contributed by atoms with van der Waals surface area (Å²) in [7, 11) is 0. The van der Waals surface area contributed by atoms with Crippen LogP contribution in [-0.4, -0.2) is 0 Å². The van der Waals surface area contributed by atoms with Gasteiger partial charge >= 0.3 is 0 Å². The fourth-order valence-electron chi connectivity index (χ4n) is 3.22. The van der Waals surface area contributed by atoms with Crippen molar-refractivity contribution in [3.05, 3.63) is 21.9 Å². The molecule has 1 aromatic rings. The summed E-state index contributed by atoms with van der Waals surface area (Å²) in [5.74, 6) is 1.79. The maximum absolute atomic E-state index is 2.43. The molecule has 0 aliphatic carbocycles. The highest BCUT2D eigenvalue weighted by Gasteiger charge is 2.14. The predicted octanol–water partition coefficient (Wildman–Crippen LogP) is 7.27. The maximum atomic E-state index is 2.43. The lowest BCUT2D eigenvalue weighted by atomic mass is 9.87. The molecular weight excluding hydrogens is 272 g/mol. The molecule has 0 aliphatic heterocycles. The summed E-state index contributed by atoms with van der Waals surface area (Å²) in [6.07, 6.45) is 13.6. The first-order valence-electron chi connectivity index (χ1n) is 9.28. The second kappa shape index (κ2) is 11.3.